The van der Waals surface area contributed by atoms with E-state index >= 15 is 0 Å². The molecule has 0 spiro atoms. The molecule has 1 aliphatic heterocycles. The first-order chi connectivity index (χ1) is 12.2. The van der Waals surface area contributed by atoms with Crippen molar-refractivity contribution in [3.63, 3.8) is 0 Å². The van der Waals surface area contributed by atoms with Crippen LogP contribution in [0.4, 0.5) is 4.79 Å². The van der Waals surface area contributed by atoms with Gasteiger partial charge in [0, 0.05) is 25.6 Å². The highest BCUT2D eigenvalue weighted by Crippen LogP contribution is 2.28. The number of ether oxygens (including phenoxy) is 2. The number of rotatable bonds is 7. The molecule has 2 unspecified atom stereocenters. The van der Waals surface area contributed by atoms with E-state index in [1.165, 1.54) is 0 Å². The highest BCUT2D eigenvalue weighted by atomic mass is 16.6. The van der Waals surface area contributed by atoms with Crippen LogP contribution >= 0.6 is 0 Å². The molecular weight excluding hydrogens is 328 g/mol. The number of likely N-dealkylation sites (tertiary alicyclic amines) is 1. The number of hydrogen-bond donors (Lipinski definition) is 1. The predicted octanol–water partition coefficient (Wildman–Crippen LogP) is 4.06. The summed E-state index contributed by atoms with van der Waals surface area (Å²) in [5, 5.41) is 0. The summed E-state index contributed by atoms with van der Waals surface area (Å²) in [6.45, 7) is 15.9. The van der Waals surface area contributed by atoms with Gasteiger partial charge in [-0.05, 0) is 53.0 Å². The standard InChI is InChI=1S/C21H36N2O3/c1-7-9-17(14-16(2)3)19(25-13-11-22)18-10-8-12-23(15-18)20(24)26-21(4,5)6/h7,9,14,18-19H,2,8,10-13,15,22H2,1,3-6H3/b9-7-,17-14+. The Balaban J connectivity index is 2.98. The maximum absolute atomic E-state index is 12.5. The molecule has 26 heavy (non-hydrogen) atoms. The van der Waals surface area contributed by atoms with Crippen LogP contribution in [-0.2, 0) is 9.47 Å². The van der Waals surface area contributed by atoms with Gasteiger partial charge in [-0.25, -0.2) is 4.79 Å². The van der Waals surface area contributed by atoms with E-state index in [9.17, 15) is 4.79 Å². The van der Waals surface area contributed by atoms with Crippen LogP contribution in [0.5, 0.6) is 0 Å². The number of nitrogens with two attached hydrogens (primary N) is 1. The van der Waals surface area contributed by atoms with Crippen molar-refractivity contribution in [3.8, 4) is 0 Å². The van der Waals surface area contributed by atoms with E-state index in [4.69, 9.17) is 15.2 Å². The van der Waals surface area contributed by atoms with Crippen LogP contribution in [0.2, 0.25) is 0 Å². The fourth-order valence-corrected chi connectivity index (χ4v) is 3.15. The maximum atomic E-state index is 12.5. The zero-order valence-electron chi connectivity index (χ0n) is 17.1. The van der Waals surface area contributed by atoms with Gasteiger partial charge in [-0.3, -0.25) is 0 Å². The molecule has 0 radical (unpaired) electrons. The lowest BCUT2D eigenvalue weighted by Gasteiger charge is -2.38. The van der Waals surface area contributed by atoms with E-state index < -0.39 is 5.60 Å². The second kappa shape index (κ2) is 10.5. The average molecular weight is 365 g/mol. The monoisotopic (exact) mass is 364 g/mol. The highest BCUT2D eigenvalue weighted by molar-refractivity contribution is 5.68. The lowest BCUT2D eigenvalue weighted by Crippen LogP contribution is -2.46. The molecule has 1 heterocycles. The van der Waals surface area contributed by atoms with E-state index in [0.29, 0.717) is 19.7 Å². The van der Waals surface area contributed by atoms with Crippen molar-refractivity contribution in [1.29, 1.82) is 0 Å². The molecule has 0 aliphatic carbocycles. The summed E-state index contributed by atoms with van der Waals surface area (Å²) >= 11 is 0. The van der Waals surface area contributed by atoms with Crippen LogP contribution in [-0.4, -0.2) is 48.9 Å². The Morgan fingerprint density at radius 3 is 2.65 bits per heavy atom. The molecule has 0 aromatic heterocycles. The van der Waals surface area contributed by atoms with E-state index in [2.05, 4.69) is 12.7 Å². The van der Waals surface area contributed by atoms with Crippen LogP contribution in [0, 0.1) is 5.92 Å². The van der Waals surface area contributed by atoms with Crippen molar-refractivity contribution in [1.82, 2.24) is 4.90 Å². The molecule has 1 fully saturated rings. The quantitative estimate of drug-likeness (QED) is 0.692. The third-order valence-corrected chi connectivity index (χ3v) is 4.05. The fraction of sp³-hybridized carbons (Fsp3) is 0.667. The molecular formula is C21H36N2O3. The molecule has 0 saturated carbocycles. The molecule has 5 nitrogen and oxygen atoms in total. The summed E-state index contributed by atoms with van der Waals surface area (Å²) in [5.41, 5.74) is 7.22. The molecule has 1 aliphatic rings. The largest absolute Gasteiger partial charge is 0.444 e. The van der Waals surface area contributed by atoms with E-state index in [0.717, 1.165) is 30.5 Å². The van der Waals surface area contributed by atoms with Gasteiger partial charge in [-0.1, -0.05) is 30.4 Å². The van der Waals surface area contributed by atoms with Gasteiger partial charge in [0.25, 0.3) is 0 Å². The van der Waals surface area contributed by atoms with Gasteiger partial charge >= 0.3 is 6.09 Å². The molecule has 1 saturated heterocycles. The number of nitrogens with zero attached hydrogens (tertiary/aromatic N) is 1. The Labute approximate surface area is 158 Å². The van der Waals surface area contributed by atoms with E-state index in [-0.39, 0.29) is 18.1 Å². The summed E-state index contributed by atoms with van der Waals surface area (Å²) < 4.78 is 11.7. The van der Waals surface area contributed by atoms with Crippen LogP contribution in [0.1, 0.15) is 47.5 Å². The maximum Gasteiger partial charge on any atom is 0.410 e. The van der Waals surface area contributed by atoms with Gasteiger partial charge in [-0.15, -0.1) is 0 Å². The predicted molar refractivity (Wildman–Crippen MR) is 107 cm³/mol. The molecule has 2 atom stereocenters. The first-order valence-electron chi connectivity index (χ1n) is 9.47. The summed E-state index contributed by atoms with van der Waals surface area (Å²) in [6.07, 6.45) is 7.67. The minimum atomic E-state index is -0.491. The van der Waals surface area contributed by atoms with Crippen LogP contribution in [0.25, 0.3) is 0 Å². The lowest BCUT2D eigenvalue weighted by atomic mass is 9.87. The number of hydrogen-bond acceptors (Lipinski definition) is 4. The molecule has 5 heteroatoms. The Kier molecular flexibility index (Phi) is 9.09. The Morgan fingerprint density at radius 2 is 2.12 bits per heavy atom. The zero-order valence-corrected chi connectivity index (χ0v) is 17.1. The van der Waals surface area contributed by atoms with Crippen LogP contribution in [0.3, 0.4) is 0 Å². The fourth-order valence-electron chi connectivity index (χ4n) is 3.15. The average Bonchev–Trinajstić information content (AvgIpc) is 2.53. The second-order valence-electron chi connectivity index (χ2n) is 7.90. The van der Waals surface area contributed by atoms with Gasteiger partial charge in [0.15, 0.2) is 0 Å². The Hall–Kier alpha value is -1.59. The third kappa shape index (κ3) is 7.75. The van der Waals surface area contributed by atoms with Crippen LogP contribution in [0.15, 0.2) is 36.0 Å². The van der Waals surface area contributed by atoms with Crippen molar-refractivity contribution in [2.45, 2.75) is 59.2 Å². The summed E-state index contributed by atoms with van der Waals surface area (Å²) in [4.78, 5) is 14.3. The number of allylic oxidation sites excluding steroid dienone is 3. The number of carbonyl (C=O) groups excluding carboxylic acids is 1. The summed E-state index contributed by atoms with van der Waals surface area (Å²) in [7, 11) is 0. The molecule has 1 rings (SSSR count). The van der Waals surface area contributed by atoms with Crippen LogP contribution < -0.4 is 5.73 Å². The van der Waals surface area contributed by atoms with Gasteiger partial charge < -0.3 is 20.1 Å². The van der Waals surface area contributed by atoms with Crippen molar-refractivity contribution in [2.75, 3.05) is 26.2 Å². The number of piperidine rings is 1. The van der Waals surface area contributed by atoms with Gasteiger partial charge in [0.2, 0.25) is 0 Å². The molecule has 0 bridgehead atoms. The molecule has 2 N–H and O–H groups in total. The number of amides is 1. The SMILES string of the molecule is C=C(C)/C=C(\C=C/C)C(OCCN)C1CCCN(C(=O)OC(C)(C)C)C1. The summed E-state index contributed by atoms with van der Waals surface area (Å²) in [6, 6.07) is 0. The van der Waals surface area contributed by atoms with Crippen molar-refractivity contribution in [2.24, 2.45) is 11.7 Å². The smallest absolute Gasteiger partial charge is 0.410 e. The molecule has 0 aromatic carbocycles. The normalized spacial score (nSPS) is 20.3. The number of carbonyl (C=O) groups is 1. The zero-order chi connectivity index (χ0) is 19.7. The Morgan fingerprint density at radius 1 is 1.42 bits per heavy atom. The first kappa shape index (κ1) is 22.5. The minimum absolute atomic E-state index is 0.114. The Bertz CT molecular complexity index is 532. The topological polar surface area (TPSA) is 64.8 Å². The van der Waals surface area contributed by atoms with Crippen molar-refractivity contribution >= 4 is 6.09 Å². The van der Waals surface area contributed by atoms with Crippen molar-refractivity contribution in [3.05, 3.63) is 36.0 Å². The van der Waals surface area contributed by atoms with Crippen molar-refractivity contribution < 1.29 is 14.3 Å². The van der Waals surface area contributed by atoms with Gasteiger partial charge in [-0.2, -0.15) is 0 Å². The van der Waals surface area contributed by atoms with Gasteiger partial charge in [0.1, 0.15) is 5.60 Å². The third-order valence-electron chi connectivity index (χ3n) is 4.05. The van der Waals surface area contributed by atoms with E-state index in [1.807, 2.05) is 46.8 Å². The first-order valence-corrected chi connectivity index (χ1v) is 9.47. The minimum Gasteiger partial charge on any atom is -0.444 e. The summed E-state index contributed by atoms with van der Waals surface area (Å²) in [5.74, 6) is 0.199. The molecule has 1 amide bonds. The molecule has 148 valence electrons. The molecule has 0 aromatic rings. The van der Waals surface area contributed by atoms with Gasteiger partial charge in [0.05, 0.1) is 12.7 Å². The second-order valence-corrected chi connectivity index (χ2v) is 7.90. The highest BCUT2D eigenvalue weighted by Gasteiger charge is 2.33. The lowest BCUT2D eigenvalue weighted by molar-refractivity contribution is -0.00806. The van der Waals surface area contributed by atoms with E-state index in [1.54, 1.807) is 4.90 Å².